The number of benzene rings is 1. The van der Waals surface area contributed by atoms with Crippen LogP contribution in [0.3, 0.4) is 0 Å². The number of hydrogen-bond donors (Lipinski definition) is 1. The zero-order valence-corrected chi connectivity index (χ0v) is 12.1. The minimum absolute atomic E-state index is 0.241. The molecule has 2 rings (SSSR count). The molecule has 18 heavy (non-hydrogen) atoms. The first-order valence-electron chi connectivity index (χ1n) is 5.48. The molecule has 1 aromatic heterocycles. The molecule has 1 N–H and O–H groups in total. The van der Waals surface area contributed by atoms with Gasteiger partial charge in [-0.2, -0.15) is 0 Å². The molecule has 0 amide bonds. The van der Waals surface area contributed by atoms with Crippen LogP contribution in [0.25, 0.3) is 0 Å². The largest absolute Gasteiger partial charge is 0.305 e. The van der Waals surface area contributed by atoms with Gasteiger partial charge in [0.1, 0.15) is 0 Å². The molecular weight excluding hydrogens is 320 g/mol. The van der Waals surface area contributed by atoms with Crippen molar-refractivity contribution in [3.05, 3.63) is 56.2 Å². The predicted octanol–water partition coefficient (Wildman–Crippen LogP) is 4.64. The summed E-state index contributed by atoms with van der Waals surface area (Å²) >= 11 is 5.05. The van der Waals surface area contributed by atoms with Crippen LogP contribution < -0.4 is 5.32 Å². The number of nitrogens with one attached hydrogen (secondary N) is 1. The lowest BCUT2D eigenvalue weighted by atomic mass is 10.1. The van der Waals surface area contributed by atoms with Gasteiger partial charge in [-0.3, -0.25) is 0 Å². The summed E-state index contributed by atoms with van der Waals surface area (Å²) in [5.41, 5.74) is 0.350. The summed E-state index contributed by atoms with van der Waals surface area (Å²) < 4.78 is 27.7. The van der Waals surface area contributed by atoms with E-state index in [1.807, 2.05) is 18.4 Å². The van der Waals surface area contributed by atoms with Gasteiger partial charge in [-0.1, -0.05) is 12.1 Å². The molecule has 0 saturated heterocycles. The third-order valence-corrected chi connectivity index (χ3v) is 4.63. The average molecular weight is 332 g/mol. The van der Waals surface area contributed by atoms with E-state index in [0.29, 0.717) is 12.1 Å². The van der Waals surface area contributed by atoms with Crippen molar-refractivity contribution in [2.75, 3.05) is 0 Å². The molecule has 1 heterocycles. The van der Waals surface area contributed by atoms with Crippen LogP contribution in [0.1, 0.15) is 23.4 Å². The first kappa shape index (κ1) is 13.6. The van der Waals surface area contributed by atoms with E-state index in [-0.39, 0.29) is 6.04 Å². The van der Waals surface area contributed by atoms with Crippen molar-refractivity contribution in [2.24, 2.45) is 0 Å². The Kier molecular flexibility index (Phi) is 4.48. The van der Waals surface area contributed by atoms with Crippen molar-refractivity contribution in [1.82, 2.24) is 5.32 Å². The second-order valence-corrected chi connectivity index (χ2v) is 5.79. The third kappa shape index (κ3) is 2.96. The second kappa shape index (κ2) is 5.91. The highest BCUT2D eigenvalue weighted by atomic mass is 79.9. The number of halogens is 3. The highest BCUT2D eigenvalue weighted by Gasteiger charge is 2.14. The summed E-state index contributed by atoms with van der Waals surface area (Å²) in [6.07, 6.45) is 0. The maximum Gasteiger partial charge on any atom is 0.163 e. The van der Waals surface area contributed by atoms with Crippen LogP contribution in [0.15, 0.2) is 34.1 Å². The Morgan fingerprint density at radius 3 is 2.78 bits per heavy atom. The maximum atomic E-state index is 13.6. The Bertz CT molecular complexity index is 542. The standard InChI is InChI=1S/C13H12BrF2NS/c1-8(9-3-2-4-11(15)13(9)16)17-7-12-10(14)5-6-18-12/h2-6,8,17H,7H2,1H3. The molecule has 0 radical (unpaired) electrons. The Balaban J connectivity index is 2.06. The highest BCUT2D eigenvalue weighted by molar-refractivity contribution is 9.10. The molecule has 5 heteroatoms. The Morgan fingerprint density at radius 1 is 1.33 bits per heavy atom. The first-order valence-corrected chi connectivity index (χ1v) is 7.16. The molecular formula is C13H12BrF2NS. The van der Waals surface area contributed by atoms with Crippen molar-refractivity contribution in [2.45, 2.75) is 19.5 Å². The van der Waals surface area contributed by atoms with E-state index in [9.17, 15) is 8.78 Å². The topological polar surface area (TPSA) is 12.0 Å². The molecule has 2 aromatic rings. The van der Waals surface area contributed by atoms with Gasteiger partial charge in [-0.15, -0.1) is 11.3 Å². The smallest absolute Gasteiger partial charge is 0.163 e. The molecule has 1 nitrogen and oxygen atoms in total. The van der Waals surface area contributed by atoms with E-state index in [2.05, 4.69) is 21.2 Å². The van der Waals surface area contributed by atoms with Crippen molar-refractivity contribution in [3.8, 4) is 0 Å². The molecule has 1 aromatic carbocycles. The Morgan fingerprint density at radius 2 is 2.11 bits per heavy atom. The van der Waals surface area contributed by atoms with Gasteiger partial charge in [-0.25, -0.2) is 8.78 Å². The molecule has 0 aliphatic rings. The van der Waals surface area contributed by atoms with Gasteiger partial charge in [0.25, 0.3) is 0 Å². The number of thiophene rings is 1. The second-order valence-electron chi connectivity index (χ2n) is 3.94. The lowest BCUT2D eigenvalue weighted by Gasteiger charge is -2.14. The van der Waals surface area contributed by atoms with Crippen LogP contribution in [0, 0.1) is 11.6 Å². The van der Waals surface area contributed by atoms with E-state index >= 15 is 0 Å². The molecule has 96 valence electrons. The fourth-order valence-corrected chi connectivity index (χ4v) is 3.11. The van der Waals surface area contributed by atoms with Crippen LogP contribution in [0.2, 0.25) is 0 Å². The molecule has 0 aliphatic heterocycles. The SMILES string of the molecule is CC(NCc1sccc1Br)c1cccc(F)c1F. The number of hydrogen-bond acceptors (Lipinski definition) is 2. The fourth-order valence-electron chi connectivity index (χ4n) is 1.66. The van der Waals surface area contributed by atoms with E-state index in [1.54, 1.807) is 17.4 Å². The van der Waals surface area contributed by atoms with Gasteiger partial charge in [0.2, 0.25) is 0 Å². The molecule has 1 unspecified atom stereocenters. The minimum atomic E-state index is -0.807. The average Bonchev–Trinajstić information content (AvgIpc) is 2.75. The Hall–Kier alpha value is -0.780. The van der Waals surface area contributed by atoms with E-state index in [4.69, 9.17) is 0 Å². The van der Waals surface area contributed by atoms with Gasteiger partial charge >= 0.3 is 0 Å². The van der Waals surface area contributed by atoms with Gasteiger partial charge in [0.05, 0.1) is 0 Å². The zero-order chi connectivity index (χ0) is 13.1. The highest BCUT2D eigenvalue weighted by Crippen LogP contribution is 2.24. The van der Waals surface area contributed by atoms with Crippen molar-refractivity contribution in [1.29, 1.82) is 0 Å². The van der Waals surface area contributed by atoms with Crippen LogP contribution in [0.5, 0.6) is 0 Å². The van der Waals surface area contributed by atoms with Crippen LogP contribution in [-0.2, 0) is 6.54 Å². The van der Waals surface area contributed by atoms with Crippen molar-refractivity contribution in [3.63, 3.8) is 0 Å². The van der Waals surface area contributed by atoms with E-state index < -0.39 is 11.6 Å². The zero-order valence-electron chi connectivity index (χ0n) is 9.71. The molecule has 0 spiro atoms. The normalized spacial score (nSPS) is 12.7. The molecule has 0 bridgehead atoms. The van der Waals surface area contributed by atoms with E-state index in [1.165, 1.54) is 6.07 Å². The van der Waals surface area contributed by atoms with E-state index in [0.717, 1.165) is 15.4 Å². The third-order valence-electron chi connectivity index (χ3n) is 2.71. The maximum absolute atomic E-state index is 13.6. The van der Waals surface area contributed by atoms with Crippen molar-refractivity contribution < 1.29 is 8.78 Å². The van der Waals surface area contributed by atoms with Gasteiger partial charge in [-0.05, 0) is 40.4 Å². The van der Waals surface area contributed by atoms with Gasteiger partial charge in [0, 0.05) is 27.5 Å². The van der Waals surface area contributed by atoms with Crippen LogP contribution in [0.4, 0.5) is 8.78 Å². The van der Waals surface area contributed by atoms with Crippen molar-refractivity contribution >= 4 is 27.3 Å². The lowest BCUT2D eigenvalue weighted by Crippen LogP contribution is -2.19. The molecule has 0 fully saturated rings. The Labute approximate surface area is 117 Å². The molecule has 0 aliphatic carbocycles. The summed E-state index contributed by atoms with van der Waals surface area (Å²) in [6, 6.07) is 5.97. The first-order chi connectivity index (χ1) is 8.59. The van der Waals surface area contributed by atoms with Gasteiger partial charge in [0.15, 0.2) is 11.6 Å². The monoisotopic (exact) mass is 331 g/mol. The number of rotatable bonds is 4. The molecule has 0 saturated carbocycles. The lowest BCUT2D eigenvalue weighted by molar-refractivity contribution is 0.473. The van der Waals surface area contributed by atoms with Gasteiger partial charge < -0.3 is 5.32 Å². The van der Waals surface area contributed by atoms with Crippen LogP contribution in [-0.4, -0.2) is 0 Å². The summed E-state index contributed by atoms with van der Waals surface area (Å²) in [5, 5.41) is 5.16. The fraction of sp³-hybridized carbons (Fsp3) is 0.231. The minimum Gasteiger partial charge on any atom is -0.305 e. The summed E-state index contributed by atoms with van der Waals surface area (Å²) in [7, 11) is 0. The summed E-state index contributed by atoms with van der Waals surface area (Å²) in [6.45, 7) is 2.44. The van der Waals surface area contributed by atoms with Crippen LogP contribution >= 0.6 is 27.3 Å². The summed E-state index contributed by atoms with van der Waals surface area (Å²) in [4.78, 5) is 1.14. The predicted molar refractivity (Wildman–Crippen MR) is 73.6 cm³/mol. The molecule has 1 atom stereocenters. The quantitative estimate of drug-likeness (QED) is 0.860. The summed E-state index contributed by atoms with van der Waals surface area (Å²) in [5.74, 6) is -1.58.